The summed E-state index contributed by atoms with van der Waals surface area (Å²) in [4.78, 5) is 8.76. The number of sulfonamides is 1. The van der Waals surface area contributed by atoms with Crippen molar-refractivity contribution in [2.75, 3.05) is 24.2 Å². The highest BCUT2D eigenvalue weighted by Crippen LogP contribution is 2.31. The van der Waals surface area contributed by atoms with Gasteiger partial charge in [0.1, 0.15) is 5.75 Å². The third-order valence-corrected chi connectivity index (χ3v) is 8.16. The van der Waals surface area contributed by atoms with Crippen molar-refractivity contribution in [3.8, 4) is 17.7 Å². The number of ether oxygens (including phenoxy) is 1. The smallest absolute Gasteiger partial charge is 0.230 e. The van der Waals surface area contributed by atoms with Crippen molar-refractivity contribution in [2.45, 2.75) is 39.5 Å². The van der Waals surface area contributed by atoms with E-state index in [2.05, 4.69) is 33.5 Å². The monoisotopic (exact) mass is 491 g/mol. The topological polar surface area (TPSA) is 108 Å². The van der Waals surface area contributed by atoms with Gasteiger partial charge in [-0.25, -0.2) is 17.7 Å². The van der Waals surface area contributed by atoms with Crippen LogP contribution in [0.15, 0.2) is 48.7 Å². The number of nitriles is 1. The van der Waals surface area contributed by atoms with Gasteiger partial charge in [-0.3, -0.25) is 0 Å². The molecule has 9 heteroatoms. The van der Waals surface area contributed by atoms with Crippen molar-refractivity contribution in [2.24, 2.45) is 0 Å². The van der Waals surface area contributed by atoms with E-state index in [1.807, 2.05) is 26.0 Å². The summed E-state index contributed by atoms with van der Waals surface area (Å²) < 4.78 is 31.8. The minimum atomic E-state index is -3.11. The second-order valence-electron chi connectivity index (χ2n) is 8.69. The maximum atomic E-state index is 12.1. The van der Waals surface area contributed by atoms with Crippen LogP contribution in [0.1, 0.15) is 47.9 Å². The van der Waals surface area contributed by atoms with Crippen molar-refractivity contribution >= 4 is 21.7 Å². The molecule has 0 aliphatic carbocycles. The van der Waals surface area contributed by atoms with Crippen LogP contribution >= 0.6 is 0 Å². The summed E-state index contributed by atoms with van der Waals surface area (Å²) in [5.41, 5.74) is 4.38. The van der Waals surface area contributed by atoms with Gasteiger partial charge >= 0.3 is 0 Å². The standard InChI is InChI=1S/C26H29N5O3S/c1-4-35(32,33)31-13-10-22(11-14-31)21-5-7-23(8-6-21)29-26-28-12-9-24(30-26)34-25-18(2)15-20(17-27)16-19(25)3/h5-9,12,15-16,22H,4,10-11,13-14H2,1-3H3,(H,28,29,30). The molecule has 8 nitrogen and oxygen atoms in total. The highest BCUT2D eigenvalue weighted by atomic mass is 32.2. The molecule has 4 rings (SSSR count). The molecule has 35 heavy (non-hydrogen) atoms. The Morgan fingerprint density at radius 3 is 2.37 bits per heavy atom. The molecule has 0 amide bonds. The lowest BCUT2D eigenvalue weighted by Crippen LogP contribution is -2.38. The third-order valence-electron chi connectivity index (χ3n) is 6.28. The van der Waals surface area contributed by atoms with Crippen LogP contribution in [0.3, 0.4) is 0 Å². The Kier molecular flexibility index (Phi) is 7.34. The van der Waals surface area contributed by atoms with E-state index in [1.54, 1.807) is 35.6 Å². The first kappa shape index (κ1) is 24.6. The first-order valence-electron chi connectivity index (χ1n) is 11.7. The first-order valence-corrected chi connectivity index (χ1v) is 13.3. The predicted octanol–water partition coefficient (Wildman–Crippen LogP) is 5.03. The van der Waals surface area contributed by atoms with Crippen LogP contribution in [0.5, 0.6) is 11.6 Å². The molecule has 182 valence electrons. The molecule has 1 N–H and O–H groups in total. The fourth-order valence-corrected chi connectivity index (χ4v) is 5.49. The van der Waals surface area contributed by atoms with Crippen LogP contribution in [0.25, 0.3) is 0 Å². The predicted molar refractivity (Wildman–Crippen MR) is 135 cm³/mol. The van der Waals surface area contributed by atoms with Crippen molar-refractivity contribution in [1.82, 2.24) is 14.3 Å². The van der Waals surface area contributed by atoms with Crippen molar-refractivity contribution in [1.29, 1.82) is 5.26 Å². The van der Waals surface area contributed by atoms with E-state index in [9.17, 15) is 8.42 Å². The molecule has 0 radical (unpaired) electrons. The molecule has 2 heterocycles. The van der Waals surface area contributed by atoms with Crippen LogP contribution in [0, 0.1) is 25.2 Å². The van der Waals surface area contributed by atoms with Gasteiger partial charge in [-0.1, -0.05) is 12.1 Å². The van der Waals surface area contributed by atoms with Gasteiger partial charge in [0.05, 0.1) is 17.4 Å². The minimum Gasteiger partial charge on any atom is -0.438 e. The zero-order valence-electron chi connectivity index (χ0n) is 20.2. The Morgan fingerprint density at radius 2 is 1.77 bits per heavy atom. The molecule has 1 fully saturated rings. The average Bonchev–Trinajstić information content (AvgIpc) is 2.87. The molecule has 0 unspecified atom stereocenters. The van der Waals surface area contributed by atoms with Crippen LogP contribution < -0.4 is 10.1 Å². The van der Waals surface area contributed by atoms with Crippen molar-refractivity contribution in [3.63, 3.8) is 0 Å². The number of aromatic nitrogens is 2. The van der Waals surface area contributed by atoms with Gasteiger partial charge < -0.3 is 10.1 Å². The Labute approximate surface area is 206 Å². The average molecular weight is 492 g/mol. The van der Waals surface area contributed by atoms with Crippen LogP contribution in [-0.4, -0.2) is 41.5 Å². The van der Waals surface area contributed by atoms with Gasteiger partial charge in [0, 0.05) is 31.0 Å². The highest BCUT2D eigenvalue weighted by molar-refractivity contribution is 7.89. The van der Waals surface area contributed by atoms with E-state index >= 15 is 0 Å². The Hall–Kier alpha value is -3.48. The first-order chi connectivity index (χ1) is 16.8. The fraction of sp³-hybridized carbons (Fsp3) is 0.346. The van der Waals surface area contributed by atoms with Gasteiger partial charge in [-0.15, -0.1) is 0 Å². The number of benzene rings is 2. The van der Waals surface area contributed by atoms with E-state index in [0.29, 0.717) is 42.1 Å². The molecule has 0 spiro atoms. The Morgan fingerprint density at radius 1 is 1.11 bits per heavy atom. The molecule has 2 aromatic carbocycles. The van der Waals surface area contributed by atoms with E-state index in [0.717, 1.165) is 29.7 Å². The van der Waals surface area contributed by atoms with Gasteiger partial charge in [0.25, 0.3) is 0 Å². The number of hydrogen-bond acceptors (Lipinski definition) is 7. The normalized spacial score (nSPS) is 14.9. The molecule has 3 aromatic rings. The molecular formula is C26H29N5O3S. The lowest BCUT2D eigenvalue weighted by molar-refractivity contribution is 0.320. The minimum absolute atomic E-state index is 0.152. The number of nitrogens with one attached hydrogen (secondary N) is 1. The lowest BCUT2D eigenvalue weighted by atomic mass is 9.90. The largest absolute Gasteiger partial charge is 0.438 e. The molecule has 1 aliphatic rings. The molecule has 1 aromatic heterocycles. The SMILES string of the molecule is CCS(=O)(=O)N1CCC(c2ccc(Nc3nccc(Oc4c(C)cc(C#N)cc4C)n3)cc2)CC1. The number of piperidine rings is 1. The number of hydrogen-bond donors (Lipinski definition) is 1. The molecule has 0 atom stereocenters. The third kappa shape index (κ3) is 5.78. The summed E-state index contributed by atoms with van der Waals surface area (Å²) in [5.74, 6) is 2.00. The van der Waals surface area contributed by atoms with Crippen LogP contribution in [-0.2, 0) is 10.0 Å². The Bertz CT molecular complexity index is 1320. The van der Waals surface area contributed by atoms with Gasteiger partial charge in [-0.05, 0) is 80.5 Å². The van der Waals surface area contributed by atoms with E-state index in [4.69, 9.17) is 10.00 Å². The summed E-state index contributed by atoms with van der Waals surface area (Å²) in [5, 5.41) is 12.3. The van der Waals surface area contributed by atoms with Crippen molar-refractivity contribution in [3.05, 3.63) is 70.9 Å². The van der Waals surface area contributed by atoms with E-state index in [-0.39, 0.29) is 5.75 Å². The number of anilines is 2. The van der Waals surface area contributed by atoms with Crippen LogP contribution in [0.2, 0.25) is 0 Å². The zero-order valence-corrected chi connectivity index (χ0v) is 21.0. The molecule has 1 aliphatic heterocycles. The number of rotatable bonds is 7. The lowest BCUT2D eigenvalue weighted by Gasteiger charge is -2.31. The van der Waals surface area contributed by atoms with Gasteiger partial charge in [-0.2, -0.15) is 10.2 Å². The zero-order chi connectivity index (χ0) is 25.0. The van der Waals surface area contributed by atoms with E-state index < -0.39 is 10.0 Å². The summed E-state index contributed by atoms with van der Waals surface area (Å²) in [7, 11) is -3.11. The van der Waals surface area contributed by atoms with E-state index in [1.165, 1.54) is 5.56 Å². The summed E-state index contributed by atoms with van der Waals surface area (Å²) in [6.45, 7) is 6.63. The van der Waals surface area contributed by atoms with Gasteiger partial charge in [0.2, 0.25) is 21.9 Å². The summed E-state index contributed by atoms with van der Waals surface area (Å²) >= 11 is 0. The maximum Gasteiger partial charge on any atom is 0.230 e. The molecule has 0 saturated carbocycles. The highest BCUT2D eigenvalue weighted by Gasteiger charge is 2.27. The second-order valence-corrected chi connectivity index (χ2v) is 10.9. The fourth-order valence-electron chi connectivity index (χ4n) is 4.36. The van der Waals surface area contributed by atoms with Crippen LogP contribution in [0.4, 0.5) is 11.6 Å². The summed E-state index contributed by atoms with van der Waals surface area (Å²) in [6.07, 6.45) is 3.27. The maximum absolute atomic E-state index is 12.1. The molecule has 1 saturated heterocycles. The Balaban J connectivity index is 1.40. The number of nitrogens with zero attached hydrogens (tertiary/aromatic N) is 4. The number of aryl methyl sites for hydroxylation is 2. The second kappa shape index (κ2) is 10.4. The summed E-state index contributed by atoms with van der Waals surface area (Å²) in [6, 6.07) is 15.5. The van der Waals surface area contributed by atoms with Gasteiger partial charge in [0.15, 0.2) is 0 Å². The van der Waals surface area contributed by atoms with Crippen molar-refractivity contribution < 1.29 is 13.2 Å². The molecular weight excluding hydrogens is 462 g/mol. The quantitative estimate of drug-likeness (QED) is 0.494. The molecule has 0 bridgehead atoms.